The van der Waals surface area contributed by atoms with Gasteiger partial charge in [-0.1, -0.05) is 67.2 Å². The third-order valence-electron chi connectivity index (χ3n) is 4.97. The first-order chi connectivity index (χ1) is 15.6. The van der Waals surface area contributed by atoms with Gasteiger partial charge in [0.05, 0.1) is 12.1 Å². The van der Waals surface area contributed by atoms with Crippen LogP contribution in [-0.4, -0.2) is 21.1 Å². The van der Waals surface area contributed by atoms with Gasteiger partial charge in [0.1, 0.15) is 5.01 Å². The molecule has 1 atom stereocenters. The Balaban J connectivity index is 1.26. The Morgan fingerprint density at radius 1 is 1.12 bits per heavy atom. The first kappa shape index (κ1) is 22.2. The fourth-order valence-electron chi connectivity index (χ4n) is 3.22. The molecule has 0 bridgehead atoms. The minimum Gasteiger partial charge on any atom is -0.416 e. The molecule has 1 unspecified atom stereocenters. The van der Waals surface area contributed by atoms with Crippen LogP contribution in [0.3, 0.4) is 0 Å². The van der Waals surface area contributed by atoms with Crippen molar-refractivity contribution in [1.82, 2.24) is 15.2 Å². The summed E-state index contributed by atoms with van der Waals surface area (Å²) in [6, 6.07) is 18.0. The number of benzene rings is 2. The Labute approximate surface area is 195 Å². The van der Waals surface area contributed by atoms with Crippen LogP contribution in [0.15, 0.2) is 69.6 Å². The minimum atomic E-state index is -0.0677. The van der Waals surface area contributed by atoms with Crippen LogP contribution in [-0.2, 0) is 23.4 Å². The lowest BCUT2D eigenvalue weighted by atomic mass is 9.98. The maximum absolute atomic E-state index is 12.3. The Morgan fingerprint density at radius 2 is 1.91 bits per heavy atom. The monoisotopic (exact) mass is 464 g/mol. The van der Waals surface area contributed by atoms with Crippen molar-refractivity contribution in [1.29, 1.82) is 0 Å². The van der Waals surface area contributed by atoms with Crippen molar-refractivity contribution < 1.29 is 9.21 Å². The van der Waals surface area contributed by atoms with Gasteiger partial charge >= 0.3 is 0 Å². The molecule has 1 amide bonds. The van der Waals surface area contributed by atoms with Gasteiger partial charge < -0.3 is 9.73 Å². The number of aromatic nitrogens is 3. The van der Waals surface area contributed by atoms with E-state index >= 15 is 0 Å². The molecule has 2 heterocycles. The van der Waals surface area contributed by atoms with Gasteiger partial charge in [-0.05, 0) is 30.0 Å². The number of anilines is 1. The van der Waals surface area contributed by atoms with E-state index in [0.29, 0.717) is 29.2 Å². The third-order valence-corrected chi connectivity index (χ3v) is 6.72. The average Bonchev–Trinajstić information content (AvgIpc) is 3.43. The number of nitrogens with one attached hydrogen (secondary N) is 1. The summed E-state index contributed by atoms with van der Waals surface area (Å²) in [4.78, 5) is 16.9. The maximum atomic E-state index is 12.3. The molecular weight excluding hydrogens is 440 g/mol. The zero-order valence-corrected chi connectivity index (χ0v) is 19.6. The fraction of sp³-hybridized carbons (Fsp3) is 0.250. The molecule has 2 aromatic carbocycles. The predicted molar refractivity (Wildman–Crippen MR) is 128 cm³/mol. The molecule has 8 heteroatoms. The standard InChI is InChI=1S/C24H24N4O2S2/c1-16-8-6-7-11-20(16)26-21(29)13-23-25-19(14-31-23)15-32-24-28-27-22(30-24)12-17(2)18-9-4-3-5-10-18/h3-11,14,17H,12-13,15H2,1-2H3,(H,26,29). The number of carbonyl (C=O) groups excluding carboxylic acids is 1. The lowest BCUT2D eigenvalue weighted by molar-refractivity contribution is -0.115. The van der Waals surface area contributed by atoms with E-state index in [-0.39, 0.29) is 12.3 Å². The van der Waals surface area contributed by atoms with E-state index in [1.165, 1.54) is 28.7 Å². The van der Waals surface area contributed by atoms with Gasteiger partial charge in [-0.3, -0.25) is 4.79 Å². The molecule has 0 aliphatic carbocycles. The fourth-order valence-corrected chi connectivity index (χ4v) is 4.79. The molecule has 0 fully saturated rings. The number of nitrogens with zero attached hydrogens (tertiary/aromatic N) is 3. The van der Waals surface area contributed by atoms with Crippen LogP contribution in [0.5, 0.6) is 0 Å². The maximum Gasteiger partial charge on any atom is 0.276 e. The molecule has 4 rings (SSSR count). The number of hydrogen-bond acceptors (Lipinski definition) is 7. The Bertz CT molecular complexity index is 1170. The second kappa shape index (κ2) is 10.6. The molecule has 0 aliphatic heterocycles. The Kier molecular flexibility index (Phi) is 7.34. The number of carbonyl (C=O) groups is 1. The second-order valence-corrected chi connectivity index (χ2v) is 9.41. The summed E-state index contributed by atoms with van der Waals surface area (Å²) in [5.74, 6) is 1.49. The first-order valence-corrected chi connectivity index (χ1v) is 12.2. The topological polar surface area (TPSA) is 80.9 Å². The van der Waals surface area contributed by atoms with Crippen LogP contribution < -0.4 is 5.32 Å². The summed E-state index contributed by atoms with van der Waals surface area (Å²) in [6.07, 6.45) is 0.959. The van der Waals surface area contributed by atoms with E-state index < -0.39 is 0 Å². The highest BCUT2D eigenvalue weighted by Crippen LogP contribution is 2.25. The summed E-state index contributed by atoms with van der Waals surface area (Å²) < 4.78 is 5.80. The normalized spacial score (nSPS) is 11.9. The SMILES string of the molecule is Cc1ccccc1NC(=O)Cc1nc(CSc2nnc(CC(C)c3ccccc3)o2)cs1. The summed E-state index contributed by atoms with van der Waals surface area (Å²) in [7, 11) is 0. The van der Waals surface area contributed by atoms with Crippen molar-refractivity contribution in [3.05, 3.63) is 87.7 Å². The number of thiazole rings is 1. The van der Waals surface area contributed by atoms with Crippen LogP contribution in [0.25, 0.3) is 0 Å². The van der Waals surface area contributed by atoms with E-state index in [9.17, 15) is 4.79 Å². The quantitative estimate of drug-likeness (QED) is 0.322. The van der Waals surface area contributed by atoms with Crippen molar-refractivity contribution in [3.8, 4) is 0 Å². The van der Waals surface area contributed by atoms with Gasteiger partial charge in [0.25, 0.3) is 5.22 Å². The summed E-state index contributed by atoms with van der Waals surface area (Å²) in [6.45, 7) is 4.12. The molecule has 164 valence electrons. The number of amides is 1. The van der Waals surface area contributed by atoms with E-state index in [4.69, 9.17) is 4.42 Å². The molecule has 4 aromatic rings. The van der Waals surface area contributed by atoms with E-state index in [1.807, 2.05) is 54.8 Å². The van der Waals surface area contributed by atoms with Crippen LogP contribution in [0.2, 0.25) is 0 Å². The van der Waals surface area contributed by atoms with Crippen molar-refractivity contribution >= 4 is 34.7 Å². The van der Waals surface area contributed by atoms with Crippen molar-refractivity contribution in [3.63, 3.8) is 0 Å². The zero-order valence-electron chi connectivity index (χ0n) is 17.9. The van der Waals surface area contributed by atoms with Gasteiger partial charge in [0, 0.05) is 23.2 Å². The molecule has 0 aliphatic rings. The number of thioether (sulfide) groups is 1. The minimum absolute atomic E-state index is 0.0677. The Morgan fingerprint density at radius 3 is 2.72 bits per heavy atom. The van der Waals surface area contributed by atoms with Crippen LogP contribution in [0, 0.1) is 6.92 Å². The highest BCUT2D eigenvalue weighted by Gasteiger charge is 2.14. The van der Waals surface area contributed by atoms with Crippen LogP contribution >= 0.6 is 23.1 Å². The molecule has 0 spiro atoms. The van der Waals surface area contributed by atoms with Gasteiger partial charge in [-0.2, -0.15) is 0 Å². The summed E-state index contributed by atoms with van der Waals surface area (Å²) >= 11 is 2.94. The number of aryl methyl sites for hydroxylation is 1. The number of rotatable bonds is 9. The predicted octanol–water partition coefficient (Wildman–Crippen LogP) is 5.65. The molecule has 0 saturated heterocycles. The molecule has 0 radical (unpaired) electrons. The summed E-state index contributed by atoms with van der Waals surface area (Å²) in [5, 5.41) is 14.6. The second-order valence-electron chi connectivity index (χ2n) is 7.54. The van der Waals surface area contributed by atoms with Crippen molar-refractivity contribution in [2.45, 2.75) is 43.6 Å². The van der Waals surface area contributed by atoms with Crippen molar-refractivity contribution in [2.24, 2.45) is 0 Å². The highest BCUT2D eigenvalue weighted by molar-refractivity contribution is 7.98. The van der Waals surface area contributed by atoms with Gasteiger partial charge in [-0.15, -0.1) is 21.5 Å². The van der Waals surface area contributed by atoms with Gasteiger partial charge in [-0.25, -0.2) is 4.98 Å². The zero-order chi connectivity index (χ0) is 22.3. The van der Waals surface area contributed by atoms with Gasteiger partial charge in [0.15, 0.2) is 0 Å². The lowest BCUT2D eigenvalue weighted by Crippen LogP contribution is -2.15. The molecule has 32 heavy (non-hydrogen) atoms. The summed E-state index contributed by atoms with van der Waals surface area (Å²) in [5.41, 5.74) is 4.02. The van der Waals surface area contributed by atoms with Crippen LogP contribution in [0.1, 0.15) is 40.6 Å². The van der Waals surface area contributed by atoms with Gasteiger partial charge in [0.2, 0.25) is 11.8 Å². The van der Waals surface area contributed by atoms with E-state index in [1.54, 1.807) is 0 Å². The molecule has 2 aromatic heterocycles. The first-order valence-electron chi connectivity index (χ1n) is 10.4. The molecular formula is C24H24N4O2S2. The van der Waals surface area contributed by atoms with Crippen LogP contribution in [0.4, 0.5) is 5.69 Å². The van der Waals surface area contributed by atoms with Crippen molar-refractivity contribution in [2.75, 3.05) is 5.32 Å². The third kappa shape index (κ3) is 6.05. The molecule has 6 nitrogen and oxygen atoms in total. The van der Waals surface area contributed by atoms with E-state index in [2.05, 4.69) is 39.6 Å². The van der Waals surface area contributed by atoms with E-state index in [0.717, 1.165) is 22.0 Å². The lowest BCUT2D eigenvalue weighted by Gasteiger charge is -2.08. The Hall–Kier alpha value is -2.97. The average molecular weight is 465 g/mol. The number of para-hydroxylation sites is 1. The largest absolute Gasteiger partial charge is 0.416 e. The molecule has 0 saturated carbocycles. The number of hydrogen-bond donors (Lipinski definition) is 1. The molecule has 1 N–H and O–H groups in total. The highest BCUT2D eigenvalue weighted by atomic mass is 32.2. The smallest absolute Gasteiger partial charge is 0.276 e.